The molecular weight excluding hydrogens is 238 g/mol. The van der Waals surface area contributed by atoms with Gasteiger partial charge in [0.15, 0.2) is 5.58 Å². The quantitative estimate of drug-likeness (QED) is 0.624. The summed E-state index contributed by atoms with van der Waals surface area (Å²) in [5.41, 5.74) is 7.73. The number of nitrogens with one attached hydrogen (secondary N) is 1. The summed E-state index contributed by atoms with van der Waals surface area (Å²) in [7, 11) is -0.753. The molecule has 0 bridgehead atoms. The van der Waals surface area contributed by atoms with Gasteiger partial charge in [0, 0.05) is 29.4 Å². The van der Waals surface area contributed by atoms with Crippen LogP contribution in [0.25, 0.3) is 11.1 Å². The molecule has 2 aromatic rings. The summed E-state index contributed by atoms with van der Waals surface area (Å²) in [6.07, 6.45) is 2.51. The lowest BCUT2D eigenvalue weighted by atomic mass is 10.3. The predicted octanol–water partition coefficient (Wildman–Crippen LogP) is 1.59. The van der Waals surface area contributed by atoms with Crippen molar-refractivity contribution in [2.45, 2.75) is 6.42 Å². The fourth-order valence-electron chi connectivity index (χ4n) is 1.52. The molecule has 1 atom stereocenters. The Hall–Kier alpha value is -1.56. The Morgan fingerprint density at radius 3 is 3.06 bits per heavy atom. The molecule has 0 aliphatic heterocycles. The van der Waals surface area contributed by atoms with E-state index in [4.69, 9.17) is 10.2 Å². The number of anilines is 2. The van der Waals surface area contributed by atoms with Crippen LogP contribution in [-0.4, -0.2) is 27.7 Å². The van der Waals surface area contributed by atoms with Gasteiger partial charge in [-0.3, -0.25) is 4.21 Å². The lowest BCUT2D eigenvalue weighted by Crippen LogP contribution is -2.06. The second kappa shape index (κ2) is 5.18. The third-order valence-corrected chi connectivity index (χ3v) is 3.20. The molecule has 1 aromatic carbocycles. The maximum atomic E-state index is 10.9. The van der Waals surface area contributed by atoms with E-state index in [2.05, 4.69) is 10.3 Å². The Bertz CT molecular complexity index is 538. The van der Waals surface area contributed by atoms with Crippen LogP contribution in [0, 0.1) is 0 Å². The first kappa shape index (κ1) is 11.9. The van der Waals surface area contributed by atoms with Crippen LogP contribution in [0.4, 0.5) is 11.7 Å². The summed E-state index contributed by atoms with van der Waals surface area (Å²) >= 11 is 0. The number of nitrogen functional groups attached to an aromatic ring is 1. The average Bonchev–Trinajstić information content (AvgIpc) is 2.69. The number of hydrogen-bond acceptors (Lipinski definition) is 5. The minimum Gasteiger partial charge on any atom is -0.423 e. The zero-order chi connectivity index (χ0) is 12.3. The molecule has 1 aromatic heterocycles. The number of hydrogen-bond donors (Lipinski definition) is 2. The Labute approximate surface area is 102 Å². The maximum absolute atomic E-state index is 10.9. The minimum absolute atomic E-state index is 0.458. The highest BCUT2D eigenvalue weighted by Gasteiger charge is 2.06. The average molecular weight is 253 g/mol. The second-order valence-electron chi connectivity index (χ2n) is 3.77. The molecule has 17 heavy (non-hydrogen) atoms. The van der Waals surface area contributed by atoms with Crippen molar-refractivity contribution >= 4 is 33.6 Å². The summed E-state index contributed by atoms with van der Waals surface area (Å²) in [5, 5.41) is 3.05. The third-order valence-electron chi connectivity index (χ3n) is 2.33. The lowest BCUT2D eigenvalue weighted by Gasteiger charge is -1.99. The summed E-state index contributed by atoms with van der Waals surface area (Å²) in [4.78, 5) is 4.25. The van der Waals surface area contributed by atoms with Crippen LogP contribution >= 0.6 is 0 Å². The van der Waals surface area contributed by atoms with Crippen molar-refractivity contribution < 1.29 is 8.63 Å². The molecule has 0 aliphatic rings. The van der Waals surface area contributed by atoms with Gasteiger partial charge in [-0.25, -0.2) is 0 Å². The van der Waals surface area contributed by atoms with Crippen LogP contribution in [0.2, 0.25) is 0 Å². The first-order chi connectivity index (χ1) is 8.16. The topological polar surface area (TPSA) is 81.2 Å². The summed E-state index contributed by atoms with van der Waals surface area (Å²) in [6, 6.07) is 5.90. The fraction of sp³-hybridized carbons (Fsp3) is 0.364. The highest BCUT2D eigenvalue weighted by atomic mass is 32.2. The molecule has 2 rings (SSSR count). The fourth-order valence-corrected chi connectivity index (χ4v) is 2.07. The van der Waals surface area contributed by atoms with Crippen molar-refractivity contribution in [1.82, 2.24) is 4.98 Å². The highest BCUT2D eigenvalue weighted by molar-refractivity contribution is 7.84. The molecule has 0 spiro atoms. The molecular formula is C11H15N3O2S. The van der Waals surface area contributed by atoms with Crippen molar-refractivity contribution in [3.05, 3.63) is 18.2 Å². The zero-order valence-corrected chi connectivity index (χ0v) is 10.4. The Morgan fingerprint density at radius 2 is 2.35 bits per heavy atom. The van der Waals surface area contributed by atoms with Crippen molar-refractivity contribution in [3.8, 4) is 0 Å². The van der Waals surface area contributed by atoms with Gasteiger partial charge in [0.2, 0.25) is 0 Å². The van der Waals surface area contributed by atoms with E-state index in [9.17, 15) is 4.21 Å². The van der Waals surface area contributed by atoms with Crippen LogP contribution in [0.5, 0.6) is 0 Å². The molecule has 1 unspecified atom stereocenters. The number of fused-ring (bicyclic) bond motifs is 1. The summed E-state index contributed by atoms with van der Waals surface area (Å²) < 4.78 is 16.3. The number of para-hydroxylation sites is 1. The Morgan fingerprint density at radius 1 is 1.53 bits per heavy atom. The molecule has 0 fully saturated rings. The number of benzene rings is 1. The summed E-state index contributed by atoms with van der Waals surface area (Å²) in [5.74, 6) is 0.676. The van der Waals surface area contributed by atoms with Gasteiger partial charge < -0.3 is 15.5 Å². The van der Waals surface area contributed by atoms with Gasteiger partial charge in [-0.15, -0.1) is 0 Å². The van der Waals surface area contributed by atoms with E-state index in [1.54, 1.807) is 12.3 Å². The number of nitrogens with zero attached hydrogens (tertiary/aromatic N) is 1. The van der Waals surface area contributed by atoms with Crippen molar-refractivity contribution in [3.63, 3.8) is 0 Å². The number of aromatic nitrogens is 1. The first-order valence-corrected chi connectivity index (χ1v) is 7.08. The molecule has 1 heterocycles. The van der Waals surface area contributed by atoms with Crippen molar-refractivity contribution in [1.29, 1.82) is 0 Å². The molecule has 0 saturated heterocycles. The Kier molecular flexibility index (Phi) is 3.63. The molecule has 0 aliphatic carbocycles. The van der Waals surface area contributed by atoms with Crippen LogP contribution in [0.3, 0.4) is 0 Å². The Balaban J connectivity index is 2.00. The van der Waals surface area contributed by atoms with Crippen LogP contribution < -0.4 is 11.1 Å². The summed E-state index contributed by atoms with van der Waals surface area (Å²) in [6.45, 7) is 0.687. The van der Waals surface area contributed by atoms with Crippen LogP contribution in [-0.2, 0) is 10.8 Å². The van der Waals surface area contributed by atoms with E-state index < -0.39 is 10.8 Å². The zero-order valence-electron chi connectivity index (χ0n) is 9.60. The van der Waals surface area contributed by atoms with Gasteiger partial charge in [-0.1, -0.05) is 6.07 Å². The van der Waals surface area contributed by atoms with Crippen LogP contribution in [0.1, 0.15) is 6.42 Å². The molecule has 3 N–H and O–H groups in total. The van der Waals surface area contributed by atoms with Gasteiger partial charge >= 0.3 is 0 Å². The monoisotopic (exact) mass is 253 g/mol. The molecule has 0 amide bonds. The van der Waals surface area contributed by atoms with E-state index in [1.807, 2.05) is 12.1 Å². The van der Waals surface area contributed by atoms with E-state index in [0.29, 0.717) is 35.1 Å². The highest BCUT2D eigenvalue weighted by Crippen LogP contribution is 2.23. The molecule has 6 heteroatoms. The normalized spacial score (nSPS) is 12.8. The molecule has 0 radical (unpaired) electrons. The lowest BCUT2D eigenvalue weighted by molar-refractivity contribution is 0.613. The van der Waals surface area contributed by atoms with E-state index in [-0.39, 0.29) is 0 Å². The number of nitrogens with two attached hydrogens (primary N) is 1. The largest absolute Gasteiger partial charge is 0.423 e. The van der Waals surface area contributed by atoms with E-state index >= 15 is 0 Å². The molecule has 5 nitrogen and oxygen atoms in total. The standard InChI is InChI=1S/C11H15N3O2S/c1-17(15)7-3-6-13-11-14-10-8(12)4-2-5-9(10)16-11/h2,4-5H,3,6-7,12H2,1H3,(H,13,14). The molecule has 92 valence electrons. The second-order valence-corrected chi connectivity index (χ2v) is 5.33. The maximum Gasteiger partial charge on any atom is 0.295 e. The van der Waals surface area contributed by atoms with Crippen molar-refractivity contribution in [2.75, 3.05) is 29.6 Å². The van der Waals surface area contributed by atoms with Gasteiger partial charge in [-0.05, 0) is 18.6 Å². The van der Waals surface area contributed by atoms with Crippen molar-refractivity contribution in [2.24, 2.45) is 0 Å². The molecule has 0 saturated carbocycles. The van der Waals surface area contributed by atoms with Crippen LogP contribution in [0.15, 0.2) is 22.6 Å². The third kappa shape index (κ3) is 2.97. The van der Waals surface area contributed by atoms with Gasteiger partial charge in [0.1, 0.15) is 5.52 Å². The first-order valence-electron chi connectivity index (χ1n) is 5.36. The number of rotatable bonds is 5. The minimum atomic E-state index is -0.753. The predicted molar refractivity (Wildman–Crippen MR) is 70.5 cm³/mol. The van der Waals surface area contributed by atoms with E-state index in [0.717, 1.165) is 6.42 Å². The smallest absolute Gasteiger partial charge is 0.295 e. The van der Waals surface area contributed by atoms with Gasteiger partial charge in [0.05, 0.1) is 5.69 Å². The SMILES string of the molecule is CS(=O)CCCNc1nc2c(N)cccc2o1. The van der Waals surface area contributed by atoms with Gasteiger partial charge in [0.25, 0.3) is 6.01 Å². The number of oxazole rings is 1. The van der Waals surface area contributed by atoms with E-state index in [1.165, 1.54) is 0 Å². The van der Waals surface area contributed by atoms with Gasteiger partial charge in [-0.2, -0.15) is 4.98 Å².